The molecular formula is C28H32N4O7S. The molecule has 0 aromatic heterocycles. The Balaban J connectivity index is 1.99. The number of hydrazone groups is 1. The first-order valence-electron chi connectivity index (χ1n) is 12.2. The molecule has 3 aromatic carbocycles. The molecule has 0 saturated heterocycles. The fraction of sp³-hybridized carbons (Fsp3) is 0.286. The quantitative estimate of drug-likeness (QED) is 0.213. The molecule has 3 aromatic rings. The highest BCUT2D eigenvalue weighted by Crippen LogP contribution is 2.37. The van der Waals surface area contributed by atoms with E-state index in [0.717, 1.165) is 27.6 Å². The monoisotopic (exact) mass is 568 g/mol. The lowest BCUT2D eigenvalue weighted by molar-refractivity contribution is -0.387. The van der Waals surface area contributed by atoms with Crippen LogP contribution in [-0.4, -0.2) is 45.7 Å². The second kappa shape index (κ2) is 12.2. The molecule has 0 fully saturated rings. The highest BCUT2D eigenvalue weighted by molar-refractivity contribution is 7.93. The molecule has 0 unspecified atom stereocenters. The molecule has 212 valence electrons. The largest absolute Gasteiger partial charge is 0.497 e. The molecule has 0 atom stereocenters. The third kappa shape index (κ3) is 6.75. The van der Waals surface area contributed by atoms with Gasteiger partial charge in [0, 0.05) is 12.1 Å². The minimum Gasteiger partial charge on any atom is -0.497 e. The van der Waals surface area contributed by atoms with Crippen LogP contribution < -0.4 is 19.2 Å². The Kier molecular flexibility index (Phi) is 9.15. The lowest BCUT2D eigenvalue weighted by Crippen LogP contribution is -2.40. The van der Waals surface area contributed by atoms with Crippen LogP contribution in [0.1, 0.15) is 38.8 Å². The highest BCUT2D eigenvalue weighted by atomic mass is 32.2. The molecule has 1 N–H and O–H groups in total. The number of methoxy groups -OCH3 is 2. The molecule has 40 heavy (non-hydrogen) atoms. The average molecular weight is 569 g/mol. The van der Waals surface area contributed by atoms with Gasteiger partial charge >= 0.3 is 0 Å². The number of hydrogen-bond donors (Lipinski definition) is 1. The van der Waals surface area contributed by atoms with Crippen LogP contribution in [0.15, 0.2) is 76.7 Å². The summed E-state index contributed by atoms with van der Waals surface area (Å²) in [5, 5.41) is 15.8. The van der Waals surface area contributed by atoms with Gasteiger partial charge in [0.05, 0.1) is 30.5 Å². The number of sulfonamides is 1. The zero-order valence-electron chi connectivity index (χ0n) is 23.2. The standard InChI is InChI=1S/C28H32N4O7S/c1-19(20-11-13-21(14-12-20)28(2,3)4)29-30-27(33)18-31(23-16-15-22(38-5)17-25(23)39-6)40(36,37)26-10-8-7-9-24(26)32(34)35/h7-17H,18H2,1-6H3,(H,30,33)/b29-19-. The number of nitro benzene ring substituents is 1. The summed E-state index contributed by atoms with van der Waals surface area (Å²) in [5.74, 6) is -0.315. The summed E-state index contributed by atoms with van der Waals surface area (Å²) >= 11 is 0. The van der Waals surface area contributed by atoms with Crippen molar-refractivity contribution < 1.29 is 27.6 Å². The maximum absolute atomic E-state index is 13.8. The number of nitrogens with zero attached hydrogens (tertiary/aromatic N) is 3. The van der Waals surface area contributed by atoms with Gasteiger partial charge in [-0.25, -0.2) is 13.8 Å². The van der Waals surface area contributed by atoms with E-state index >= 15 is 0 Å². The van der Waals surface area contributed by atoms with Crippen molar-refractivity contribution in [2.45, 2.75) is 38.0 Å². The van der Waals surface area contributed by atoms with Crippen molar-refractivity contribution in [2.24, 2.45) is 5.10 Å². The number of rotatable bonds is 10. The maximum atomic E-state index is 13.8. The highest BCUT2D eigenvalue weighted by Gasteiger charge is 2.34. The van der Waals surface area contributed by atoms with E-state index in [1.165, 1.54) is 44.6 Å². The Morgan fingerprint density at radius 2 is 1.68 bits per heavy atom. The molecule has 1 amide bonds. The molecule has 0 aliphatic heterocycles. The van der Waals surface area contributed by atoms with E-state index < -0.39 is 38.0 Å². The summed E-state index contributed by atoms with van der Waals surface area (Å²) in [6.45, 7) is 7.28. The van der Waals surface area contributed by atoms with Gasteiger partial charge in [0.15, 0.2) is 4.90 Å². The molecule has 0 radical (unpaired) electrons. The molecule has 0 heterocycles. The fourth-order valence-electron chi connectivity index (χ4n) is 3.82. The molecule has 3 rings (SSSR count). The lowest BCUT2D eigenvalue weighted by Gasteiger charge is -2.25. The Labute approximate surface area is 233 Å². The summed E-state index contributed by atoms with van der Waals surface area (Å²) in [7, 11) is -1.87. The van der Waals surface area contributed by atoms with Gasteiger partial charge in [-0.3, -0.25) is 19.2 Å². The molecule has 0 saturated carbocycles. The lowest BCUT2D eigenvalue weighted by atomic mass is 9.86. The molecule has 0 spiro atoms. The number of para-hydroxylation sites is 1. The van der Waals surface area contributed by atoms with E-state index in [1.54, 1.807) is 6.92 Å². The van der Waals surface area contributed by atoms with Crippen molar-refractivity contribution in [3.8, 4) is 11.5 Å². The molecular weight excluding hydrogens is 536 g/mol. The van der Waals surface area contributed by atoms with Crippen LogP contribution in [0.4, 0.5) is 11.4 Å². The van der Waals surface area contributed by atoms with E-state index in [0.29, 0.717) is 11.5 Å². The van der Waals surface area contributed by atoms with Gasteiger partial charge in [-0.05, 0) is 41.7 Å². The summed E-state index contributed by atoms with van der Waals surface area (Å²) in [5.41, 5.74) is 4.13. The van der Waals surface area contributed by atoms with Gasteiger partial charge in [-0.2, -0.15) is 5.10 Å². The Morgan fingerprint density at radius 3 is 2.25 bits per heavy atom. The Morgan fingerprint density at radius 1 is 1.02 bits per heavy atom. The fourth-order valence-corrected chi connectivity index (χ4v) is 5.42. The third-order valence-corrected chi connectivity index (χ3v) is 7.90. The Hall–Kier alpha value is -4.45. The number of carbonyl (C=O) groups is 1. The second-order valence-electron chi connectivity index (χ2n) is 9.83. The number of hydrogen-bond acceptors (Lipinski definition) is 8. The molecule has 11 nitrogen and oxygen atoms in total. The van der Waals surface area contributed by atoms with Crippen molar-refractivity contribution >= 4 is 33.0 Å². The number of anilines is 1. The summed E-state index contributed by atoms with van der Waals surface area (Å²) in [6, 6.07) is 17.0. The van der Waals surface area contributed by atoms with Crippen LogP contribution in [0.3, 0.4) is 0 Å². The zero-order valence-corrected chi connectivity index (χ0v) is 24.0. The van der Waals surface area contributed by atoms with E-state index in [1.807, 2.05) is 24.3 Å². The number of nitrogens with one attached hydrogen (secondary N) is 1. The molecule has 12 heteroatoms. The topological polar surface area (TPSA) is 140 Å². The van der Waals surface area contributed by atoms with Gasteiger partial charge in [0.25, 0.3) is 21.6 Å². The van der Waals surface area contributed by atoms with Crippen LogP contribution in [0.2, 0.25) is 0 Å². The van der Waals surface area contributed by atoms with Gasteiger partial charge in [-0.1, -0.05) is 57.2 Å². The van der Waals surface area contributed by atoms with Gasteiger partial charge in [-0.15, -0.1) is 0 Å². The van der Waals surface area contributed by atoms with E-state index in [9.17, 15) is 23.3 Å². The third-order valence-electron chi connectivity index (χ3n) is 6.09. The van der Waals surface area contributed by atoms with E-state index in [2.05, 4.69) is 31.3 Å². The minimum absolute atomic E-state index is 0.0185. The van der Waals surface area contributed by atoms with Crippen LogP contribution in [0, 0.1) is 10.1 Å². The normalized spacial score (nSPS) is 12.0. The van der Waals surface area contributed by atoms with Crippen molar-refractivity contribution in [2.75, 3.05) is 25.1 Å². The maximum Gasteiger partial charge on any atom is 0.289 e. The predicted molar refractivity (Wildman–Crippen MR) is 153 cm³/mol. The number of benzene rings is 3. The summed E-state index contributed by atoms with van der Waals surface area (Å²) < 4.78 is 38.9. The molecule has 0 bridgehead atoms. The average Bonchev–Trinajstić information content (AvgIpc) is 2.93. The van der Waals surface area contributed by atoms with Crippen molar-refractivity contribution in [1.29, 1.82) is 0 Å². The minimum atomic E-state index is -4.62. The number of ether oxygens (including phenoxy) is 2. The second-order valence-corrected chi connectivity index (χ2v) is 11.7. The van der Waals surface area contributed by atoms with Crippen LogP contribution in [-0.2, 0) is 20.2 Å². The van der Waals surface area contributed by atoms with Crippen molar-refractivity contribution in [1.82, 2.24) is 5.43 Å². The predicted octanol–water partition coefficient (Wildman–Crippen LogP) is 4.65. The van der Waals surface area contributed by atoms with Gasteiger partial charge in [0.2, 0.25) is 0 Å². The number of nitro groups is 1. The first-order chi connectivity index (χ1) is 18.8. The SMILES string of the molecule is COc1ccc(N(CC(=O)N/N=C(/C)c2ccc(C(C)(C)C)cc2)S(=O)(=O)c2ccccc2[N+](=O)[O-])c(OC)c1. The van der Waals surface area contributed by atoms with E-state index in [4.69, 9.17) is 9.47 Å². The van der Waals surface area contributed by atoms with Crippen LogP contribution in [0.5, 0.6) is 11.5 Å². The number of amides is 1. The smallest absolute Gasteiger partial charge is 0.289 e. The van der Waals surface area contributed by atoms with E-state index in [-0.39, 0.29) is 16.9 Å². The van der Waals surface area contributed by atoms with Gasteiger partial charge in [0.1, 0.15) is 18.0 Å². The van der Waals surface area contributed by atoms with Gasteiger partial charge < -0.3 is 9.47 Å². The van der Waals surface area contributed by atoms with Crippen molar-refractivity contribution in [3.63, 3.8) is 0 Å². The summed E-state index contributed by atoms with van der Waals surface area (Å²) in [4.78, 5) is 23.3. The first kappa shape index (κ1) is 30.1. The van der Waals surface area contributed by atoms with Crippen LogP contribution in [0.25, 0.3) is 0 Å². The Bertz CT molecular complexity index is 1530. The zero-order chi connectivity index (χ0) is 29.7. The summed E-state index contributed by atoms with van der Waals surface area (Å²) in [6.07, 6.45) is 0. The first-order valence-corrected chi connectivity index (χ1v) is 13.7. The molecule has 0 aliphatic carbocycles. The van der Waals surface area contributed by atoms with Crippen LogP contribution >= 0.6 is 0 Å². The number of carbonyl (C=O) groups excluding carboxylic acids is 1. The van der Waals surface area contributed by atoms with Crippen molar-refractivity contribution in [3.05, 3.63) is 88.0 Å². The molecule has 0 aliphatic rings.